The molecule has 0 aromatic heterocycles. The lowest BCUT2D eigenvalue weighted by Crippen LogP contribution is -2.61. The van der Waals surface area contributed by atoms with Crippen LogP contribution < -0.4 is 0 Å². The molecule has 74 heavy (non-hydrogen) atoms. The predicted octanol–water partition coefficient (Wildman–Crippen LogP) is 8.26. The van der Waals surface area contributed by atoms with E-state index in [1.165, 1.54) is 0 Å². The van der Waals surface area contributed by atoms with Crippen LogP contribution in [0.25, 0.3) is 0 Å². The lowest BCUT2D eigenvalue weighted by Gasteiger charge is -2.42. The smallest absolute Gasteiger partial charge is 0.306 e. The first-order chi connectivity index (χ1) is 36.0. The zero-order valence-corrected chi connectivity index (χ0v) is 44.0. The van der Waals surface area contributed by atoms with Gasteiger partial charge in [0.25, 0.3) is 0 Å². The number of aliphatic hydroxyl groups excluding tert-OH is 7. The first-order valence-corrected chi connectivity index (χ1v) is 26.8. The lowest BCUT2D eigenvalue weighted by molar-refractivity contribution is -0.332. The van der Waals surface area contributed by atoms with E-state index in [1.54, 1.807) is 0 Å². The second kappa shape index (κ2) is 43.8. The number of allylic oxidation sites excluding steroid dienone is 22. The van der Waals surface area contributed by atoms with Crippen LogP contribution >= 0.6 is 0 Å². The molecule has 0 bridgehead atoms. The summed E-state index contributed by atoms with van der Waals surface area (Å²) in [6, 6.07) is 0. The van der Waals surface area contributed by atoms with Gasteiger partial charge in [-0.3, -0.25) is 9.59 Å². The van der Waals surface area contributed by atoms with E-state index in [-0.39, 0.29) is 19.4 Å². The highest BCUT2D eigenvalue weighted by Crippen LogP contribution is 2.26. The van der Waals surface area contributed by atoms with Crippen molar-refractivity contribution in [2.45, 2.75) is 197 Å². The Kier molecular flexibility index (Phi) is 39.0. The maximum absolute atomic E-state index is 13.0. The summed E-state index contributed by atoms with van der Waals surface area (Å²) in [5.41, 5.74) is 0. The minimum absolute atomic E-state index is 0.0231. The summed E-state index contributed by atoms with van der Waals surface area (Å²) in [5, 5.41) is 72.2. The summed E-state index contributed by atoms with van der Waals surface area (Å²) in [7, 11) is 0. The van der Waals surface area contributed by atoms with Crippen molar-refractivity contribution < 1.29 is 73.8 Å². The number of carbonyl (C=O) groups excluding carboxylic acids is 2. The number of unbranched alkanes of at least 4 members (excludes halogenated alkanes) is 3. The zero-order chi connectivity index (χ0) is 53.9. The van der Waals surface area contributed by atoms with Crippen LogP contribution in [0, 0.1) is 0 Å². The highest BCUT2D eigenvalue weighted by molar-refractivity contribution is 5.70. The Hall–Kier alpha value is -4.36. The second-order valence-electron chi connectivity index (χ2n) is 17.9. The average Bonchev–Trinajstić information content (AvgIpc) is 3.39. The first kappa shape index (κ1) is 65.8. The maximum Gasteiger partial charge on any atom is 0.306 e. The molecule has 2 aliphatic rings. The normalized spacial score (nSPS) is 25.7. The van der Waals surface area contributed by atoms with E-state index in [1.807, 2.05) is 18.2 Å². The summed E-state index contributed by atoms with van der Waals surface area (Å²) in [4.78, 5) is 25.8. The molecular formula is C59H90O15. The molecule has 416 valence electrons. The molecule has 0 aromatic carbocycles. The van der Waals surface area contributed by atoms with Crippen molar-refractivity contribution in [2.75, 3.05) is 26.4 Å². The minimum Gasteiger partial charge on any atom is -0.462 e. The molecule has 2 aliphatic heterocycles. The van der Waals surface area contributed by atoms with E-state index in [9.17, 15) is 45.3 Å². The average molecular weight is 1040 g/mol. The molecule has 11 atom stereocenters. The highest BCUT2D eigenvalue weighted by Gasteiger charge is 2.47. The van der Waals surface area contributed by atoms with Crippen molar-refractivity contribution in [2.24, 2.45) is 0 Å². The van der Waals surface area contributed by atoms with Gasteiger partial charge in [-0.15, -0.1) is 0 Å². The van der Waals surface area contributed by atoms with E-state index < -0.39 is 99.3 Å². The third-order valence-electron chi connectivity index (χ3n) is 11.6. The van der Waals surface area contributed by atoms with Crippen molar-refractivity contribution >= 4 is 11.9 Å². The molecule has 11 unspecified atom stereocenters. The standard InChI is InChI=1S/C59H90O15/c1-3-5-7-9-11-13-15-17-19-21-23-25-27-29-31-33-35-37-39-41-50(61)69-44-47(72-51(62)42-40-38-36-34-32-30-28-26-24-22-20-18-16-14-12-10-8-6-4-2)45-70-58-57(68)55(66)53(64)49(74-58)46-71-59-56(67)54(65)52(63)48(43-60)73-59/h5-8,11-14,17-20,23-26,29-32,36,38,47-49,52-60,63-68H,3-4,9-10,15-16,21-22,27-28,33-35,37,39-46H2,1-2H3/b7-5-,8-6-,13-11-,14-12-,19-17-,20-18-,25-23-,26-24-,31-29-,32-30-,38-36-. The summed E-state index contributed by atoms with van der Waals surface area (Å²) < 4.78 is 33.5. The van der Waals surface area contributed by atoms with Gasteiger partial charge in [0.05, 0.1) is 19.8 Å². The third-order valence-corrected chi connectivity index (χ3v) is 11.6. The lowest BCUT2D eigenvalue weighted by atomic mass is 9.98. The van der Waals surface area contributed by atoms with Crippen LogP contribution in [-0.2, 0) is 38.0 Å². The van der Waals surface area contributed by atoms with E-state index in [0.717, 1.165) is 83.5 Å². The fourth-order valence-electron chi connectivity index (χ4n) is 7.33. The first-order valence-electron chi connectivity index (χ1n) is 26.8. The largest absolute Gasteiger partial charge is 0.462 e. The quantitative estimate of drug-likeness (QED) is 0.0175. The van der Waals surface area contributed by atoms with Crippen LogP contribution in [0.4, 0.5) is 0 Å². The van der Waals surface area contributed by atoms with Crippen LogP contribution in [-0.4, -0.2) is 142 Å². The van der Waals surface area contributed by atoms with E-state index in [4.69, 9.17) is 28.4 Å². The maximum atomic E-state index is 13.0. The summed E-state index contributed by atoms with van der Waals surface area (Å²) in [6.07, 6.45) is 43.4. The second-order valence-corrected chi connectivity index (χ2v) is 17.9. The van der Waals surface area contributed by atoms with Crippen molar-refractivity contribution in [3.63, 3.8) is 0 Å². The number of aliphatic hydroxyl groups is 7. The SMILES string of the molecule is CC/C=C\C/C=C\C/C=C\C/C=C\C/C=C\C/C=C\CCC(=O)OC(COC(=O)CCCCC/C=C\C/C=C\C/C=C\C/C=C\C/C=C\CC)COC1OC(COC2OC(CO)C(O)C(O)C2O)C(O)C(O)C1O. The summed E-state index contributed by atoms with van der Waals surface area (Å²) in [5.74, 6) is -1.08. The zero-order valence-electron chi connectivity index (χ0n) is 44.0. The van der Waals surface area contributed by atoms with Crippen molar-refractivity contribution in [3.8, 4) is 0 Å². The summed E-state index contributed by atoms with van der Waals surface area (Å²) in [6.45, 7) is 2.22. The Morgan fingerprint density at radius 3 is 1.30 bits per heavy atom. The van der Waals surface area contributed by atoms with Crippen LogP contribution in [0.3, 0.4) is 0 Å². The minimum atomic E-state index is -1.79. The fraction of sp³-hybridized carbons (Fsp3) is 0.593. The van der Waals surface area contributed by atoms with E-state index in [0.29, 0.717) is 19.3 Å². The Bertz CT molecular complexity index is 1790. The van der Waals surface area contributed by atoms with Crippen molar-refractivity contribution in [1.29, 1.82) is 0 Å². The Balaban J connectivity index is 1.85. The molecule has 0 amide bonds. The van der Waals surface area contributed by atoms with E-state index >= 15 is 0 Å². The molecule has 0 aromatic rings. The van der Waals surface area contributed by atoms with Gasteiger partial charge in [0, 0.05) is 12.8 Å². The molecule has 2 fully saturated rings. The van der Waals surface area contributed by atoms with Crippen LogP contribution in [0.15, 0.2) is 134 Å². The molecule has 0 spiro atoms. The van der Waals surface area contributed by atoms with Gasteiger partial charge in [0.1, 0.15) is 55.4 Å². The Morgan fingerprint density at radius 2 is 0.838 bits per heavy atom. The number of hydrogen-bond acceptors (Lipinski definition) is 15. The van der Waals surface area contributed by atoms with Gasteiger partial charge in [-0.25, -0.2) is 0 Å². The van der Waals surface area contributed by atoms with Gasteiger partial charge in [-0.05, 0) is 96.3 Å². The molecular weight excluding hydrogens is 949 g/mol. The molecule has 0 radical (unpaired) electrons. The number of ether oxygens (including phenoxy) is 6. The van der Waals surface area contributed by atoms with E-state index in [2.05, 4.69) is 129 Å². The number of carbonyl (C=O) groups is 2. The summed E-state index contributed by atoms with van der Waals surface area (Å²) >= 11 is 0. The molecule has 2 heterocycles. The Morgan fingerprint density at radius 1 is 0.432 bits per heavy atom. The van der Waals surface area contributed by atoms with Crippen LogP contribution in [0.2, 0.25) is 0 Å². The van der Waals surface area contributed by atoms with Gasteiger partial charge < -0.3 is 64.2 Å². The third kappa shape index (κ3) is 30.9. The molecule has 2 rings (SSSR count). The molecule has 15 heteroatoms. The number of rotatable bonds is 39. The molecule has 0 saturated carbocycles. The van der Waals surface area contributed by atoms with Gasteiger partial charge in [-0.2, -0.15) is 0 Å². The molecule has 2 saturated heterocycles. The van der Waals surface area contributed by atoms with Gasteiger partial charge in [0.15, 0.2) is 18.7 Å². The fourth-order valence-corrected chi connectivity index (χ4v) is 7.33. The van der Waals surface area contributed by atoms with Crippen LogP contribution in [0.5, 0.6) is 0 Å². The molecule has 7 N–H and O–H groups in total. The van der Waals surface area contributed by atoms with Gasteiger partial charge in [0.2, 0.25) is 0 Å². The van der Waals surface area contributed by atoms with Crippen molar-refractivity contribution in [1.82, 2.24) is 0 Å². The van der Waals surface area contributed by atoms with Gasteiger partial charge in [-0.1, -0.05) is 154 Å². The van der Waals surface area contributed by atoms with Gasteiger partial charge >= 0.3 is 11.9 Å². The monoisotopic (exact) mass is 1040 g/mol. The van der Waals surface area contributed by atoms with Crippen LogP contribution in [0.1, 0.15) is 129 Å². The molecule has 15 nitrogen and oxygen atoms in total. The number of hydrogen-bond donors (Lipinski definition) is 7. The Labute approximate surface area is 441 Å². The topological polar surface area (TPSA) is 231 Å². The highest BCUT2D eigenvalue weighted by atomic mass is 16.7. The predicted molar refractivity (Wildman–Crippen MR) is 288 cm³/mol. The number of esters is 2. The molecule has 0 aliphatic carbocycles. The van der Waals surface area contributed by atoms with Crippen molar-refractivity contribution in [3.05, 3.63) is 134 Å².